The van der Waals surface area contributed by atoms with Gasteiger partial charge >= 0.3 is 0 Å². The Hall–Kier alpha value is -2.03. The molecule has 0 aliphatic carbocycles. The Kier molecular flexibility index (Phi) is 2.95. The predicted molar refractivity (Wildman–Crippen MR) is 52.2 cm³/mol. The summed E-state index contributed by atoms with van der Waals surface area (Å²) in [7, 11) is -4.02. The number of hydrogen-bond acceptors (Lipinski definition) is 3. The summed E-state index contributed by atoms with van der Waals surface area (Å²) in [6.45, 7) is 1.56. The van der Waals surface area contributed by atoms with Gasteiger partial charge in [-0.15, -0.1) is 0 Å². The molecule has 6 nitrogen and oxygen atoms in total. The minimum atomic E-state index is -4.02. The van der Waals surface area contributed by atoms with Crippen LogP contribution in [0.4, 0.5) is 0 Å². The minimum Gasteiger partial charge on any atom is -0.216 e. The van der Waals surface area contributed by atoms with Crippen molar-refractivity contribution in [2.75, 3.05) is 0 Å². The van der Waals surface area contributed by atoms with Gasteiger partial charge in [-0.2, -0.15) is 5.26 Å². The lowest BCUT2D eigenvalue weighted by Crippen LogP contribution is -1.99. The number of nitrogens with zero attached hydrogens (tertiary/aromatic N) is 4. The highest BCUT2D eigenvalue weighted by Crippen LogP contribution is 2.18. The summed E-state index contributed by atoms with van der Waals surface area (Å²) in [5.41, 5.74) is 8.73. The van der Waals surface area contributed by atoms with E-state index in [1.807, 2.05) is 6.07 Å². The zero-order valence-corrected chi connectivity index (χ0v) is 8.56. The lowest BCUT2D eigenvalue weighted by molar-refractivity contribution is 0.597. The van der Waals surface area contributed by atoms with Crippen molar-refractivity contribution in [3.05, 3.63) is 39.8 Å². The second-order valence-electron chi connectivity index (χ2n) is 2.74. The standard InChI is InChI=1S/C8H6N4O2S/c1-6-2-3-7(5-9)4-8(6)15(13,14)12-11-10/h2-4H,1H3. The van der Waals surface area contributed by atoms with Gasteiger partial charge in [-0.1, -0.05) is 6.07 Å². The molecule has 0 aliphatic heterocycles. The van der Waals surface area contributed by atoms with Crippen molar-refractivity contribution in [2.24, 2.45) is 4.52 Å². The number of nitriles is 1. The summed E-state index contributed by atoms with van der Waals surface area (Å²) in [5, 5.41) is 8.60. The zero-order valence-electron chi connectivity index (χ0n) is 7.75. The molecule has 76 valence electrons. The molecule has 0 spiro atoms. The van der Waals surface area contributed by atoms with Gasteiger partial charge in [0.2, 0.25) is 0 Å². The van der Waals surface area contributed by atoms with Crippen LogP contribution in [0.2, 0.25) is 0 Å². The molecule has 0 heterocycles. The maximum Gasteiger partial charge on any atom is 0.264 e. The van der Waals surface area contributed by atoms with Crippen LogP contribution in [0.25, 0.3) is 10.4 Å². The van der Waals surface area contributed by atoms with Crippen LogP contribution in [0.15, 0.2) is 27.6 Å². The fraction of sp³-hybridized carbons (Fsp3) is 0.125. The van der Waals surface area contributed by atoms with Crippen molar-refractivity contribution >= 4 is 10.0 Å². The Labute approximate surface area is 86.4 Å². The highest BCUT2D eigenvalue weighted by molar-refractivity contribution is 7.90. The van der Waals surface area contributed by atoms with Crippen LogP contribution in [0.1, 0.15) is 11.1 Å². The van der Waals surface area contributed by atoms with Gasteiger partial charge in [0, 0.05) is 9.43 Å². The summed E-state index contributed by atoms with van der Waals surface area (Å²) in [4.78, 5) is 2.09. The van der Waals surface area contributed by atoms with Gasteiger partial charge in [0.25, 0.3) is 10.0 Å². The molecule has 0 atom stereocenters. The number of sulfonamides is 1. The number of azide groups is 1. The van der Waals surface area contributed by atoms with E-state index in [2.05, 4.69) is 9.43 Å². The second kappa shape index (κ2) is 4.00. The molecule has 0 amide bonds. The number of aryl methyl sites for hydroxylation is 1. The minimum absolute atomic E-state index is 0.139. The molecule has 0 N–H and O–H groups in total. The van der Waals surface area contributed by atoms with Gasteiger partial charge < -0.3 is 0 Å². The maximum absolute atomic E-state index is 11.4. The zero-order chi connectivity index (χ0) is 11.5. The van der Waals surface area contributed by atoms with Crippen LogP contribution in [-0.2, 0) is 10.0 Å². The van der Waals surface area contributed by atoms with E-state index in [9.17, 15) is 8.42 Å². The third kappa shape index (κ3) is 2.26. The predicted octanol–water partition coefficient (Wildman–Crippen LogP) is 1.87. The highest BCUT2D eigenvalue weighted by Gasteiger charge is 2.15. The van der Waals surface area contributed by atoms with E-state index in [4.69, 9.17) is 10.8 Å². The number of benzene rings is 1. The third-order valence-electron chi connectivity index (χ3n) is 1.74. The largest absolute Gasteiger partial charge is 0.264 e. The van der Waals surface area contributed by atoms with Gasteiger partial charge in [0.05, 0.1) is 16.5 Å². The lowest BCUT2D eigenvalue weighted by atomic mass is 10.2. The van der Waals surface area contributed by atoms with Crippen LogP contribution in [-0.4, -0.2) is 8.42 Å². The molecule has 1 rings (SSSR count). The first-order chi connectivity index (χ1) is 7.01. The SMILES string of the molecule is Cc1ccc(C#N)cc1S(=O)(=O)N=[N+]=[N-]. The average Bonchev–Trinajstić information content (AvgIpc) is 2.18. The molecule has 0 bridgehead atoms. The summed E-state index contributed by atoms with van der Waals surface area (Å²) >= 11 is 0. The van der Waals surface area contributed by atoms with Crippen molar-refractivity contribution in [3.8, 4) is 6.07 Å². The van der Waals surface area contributed by atoms with E-state index in [1.165, 1.54) is 18.2 Å². The fourth-order valence-electron chi connectivity index (χ4n) is 1.04. The molecule has 0 saturated carbocycles. The number of rotatable bonds is 2. The van der Waals surface area contributed by atoms with Gasteiger partial charge in [-0.05, 0) is 30.2 Å². The Morgan fingerprint density at radius 3 is 2.73 bits per heavy atom. The molecule has 0 aliphatic rings. The van der Waals surface area contributed by atoms with Crippen LogP contribution < -0.4 is 0 Å². The maximum atomic E-state index is 11.4. The molecule has 0 unspecified atom stereocenters. The molecule has 0 radical (unpaired) electrons. The Morgan fingerprint density at radius 2 is 2.20 bits per heavy atom. The second-order valence-corrected chi connectivity index (χ2v) is 4.29. The van der Waals surface area contributed by atoms with E-state index in [1.54, 1.807) is 6.92 Å². The topological polar surface area (TPSA) is 107 Å². The van der Waals surface area contributed by atoms with E-state index in [0.29, 0.717) is 5.56 Å². The Balaban J connectivity index is 3.51. The molecule has 0 aromatic heterocycles. The first-order valence-electron chi connectivity index (χ1n) is 3.83. The van der Waals surface area contributed by atoms with Gasteiger partial charge in [-0.25, -0.2) is 8.42 Å². The normalized spacial score (nSPS) is 10.1. The molecular weight excluding hydrogens is 216 g/mol. The molecule has 1 aromatic carbocycles. The van der Waals surface area contributed by atoms with Crippen LogP contribution >= 0.6 is 0 Å². The summed E-state index contributed by atoms with van der Waals surface area (Å²) < 4.78 is 25.5. The van der Waals surface area contributed by atoms with Crippen molar-refractivity contribution in [1.82, 2.24) is 0 Å². The summed E-state index contributed by atoms with van der Waals surface area (Å²) in [6.07, 6.45) is 0. The first kappa shape index (κ1) is 11.0. The number of hydrogen-bond donors (Lipinski definition) is 0. The van der Waals surface area contributed by atoms with Gasteiger partial charge in [0.15, 0.2) is 0 Å². The quantitative estimate of drug-likeness (QED) is 0.433. The average molecular weight is 222 g/mol. The van der Waals surface area contributed by atoms with E-state index in [0.717, 1.165) is 0 Å². The molecule has 7 heteroatoms. The summed E-state index contributed by atoms with van der Waals surface area (Å²) in [6, 6.07) is 5.96. The molecule has 1 aromatic rings. The molecule has 15 heavy (non-hydrogen) atoms. The van der Waals surface area contributed by atoms with Crippen molar-refractivity contribution < 1.29 is 8.42 Å². The van der Waals surface area contributed by atoms with Crippen LogP contribution in [0, 0.1) is 18.3 Å². The Bertz CT molecular complexity index is 579. The van der Waals surface area contributed by atoms with Crippen molar-refractivity contribution in [1.29, 1.82) is 5.26 Å². The highest BCUT2D eigenvalue weighted by atomic mass is 32.2. The molecule has 0 saturated heterocycles. The third-order valence-corrected chi connectivity index (χ3v) is 3.02. The molecular formula is C8H6N4O2S. The van der Waals surface area contributed by atoms with Gasteiger partial charge in [0.1, 0.15) is 0 Å². The Morgan fingerprint density at radius 1 is 1.53 bits per heavy atom. The van der Waals surface area contributed by atoms with Crippen molar-refractivity contribution in [2.45, 2.75) is 11.8 Å². The first-order valence-corrected chi connectivity index (χ1v) is 5.27. The summed E-state index contributed by atoms with van der Waals surface area (Å²) in [5.74, 6) is 0. The lowest BCUT2D eigenvalue weighted by Gasteiger charge is -2.02. The van der Waals surface area contributed by atoms with E-state index >= 15 is 0 Å². The monoisotopic (exact) mass is 222 g/mol. The molecule has 0 fully saturated rings. The van der Waals surface area contributed by atoms with E-state index < -0.39 is 10.0 Å². The van der Waals surface area contributed by atoms with E-state index in [-0.39, 0.29) is 10.5 Å². The van der Waals surface area contributed by atoms with Crippen LogP contribution in [0.3, 0.4) is 0 Å². The smallest absolute Gasteiger partial charge is 0.216 e. The van der Waals surface area contributed by atoms with Gasteiger partial charge in [-0.3, -0.25) is 0 Å². The fourth-order valence-corrected chi connectivity index (χ4v) is 1.97. The van der Waals surface area contributed by atoms with Crippen molar-refractivity contribution in [3.63, 3.8) is 0 Å². The van der Waals surface area contributed by atoms with Crippen LogP contribution in [0.5, 0.6) is 0 Å².